The zero-order valence-electron chi connectivity index (χ0n) is 10.4. The second-order valence-corrected chi connectivity index (χ2v) is 4.16. The third-order valence-corrected chi connectivity index (χ3v) is 2.81. The number of piperidine rings is 1. The summed E-state index contributed by atoms with van der Waals surface area (Å²) in [7, 11) is 1.55. The summed E-state index contributed by atoms with van der Waals surface area (Å²) >= 11 is 0. The molecule has 6 nitrogen and oxygen atoms in total. The van der Waals surface area contributed by atoms with E-state index in [2.05, 4.69) is 10.6 Å². The Labute approximate surface area is 110 Å². The highest BCUT2D eigenvalue weighted by atomic mass is 16.5. The highest BCUT2D eigenvalue weighted by Gasteiger charge is 2.28. The molecule has 1 aliphatic heterocycles. The Morgan fingerprint density at radius 2 is 2.00 bits per heavy atom. The lowest BCUT2D eigenvalue weighted by Gasteiger charge is -2.21. The van der Waals surface area contributed by atoms with Gasteiger partial charge in [0.05, 0.1) is 0 Å². The minimum atomic E-state index is -0.663. The van der Waals surface area contributed by atoms with E-state index in [1.807, 2.05) is 0 Å². The fourth-order valence-corrected chi connectivity index (χ4v) is 1.78. The van der Waals surface area contributed by atoms with Crippen LogP contribution in [0.25, 0.3) is 0 Å². The molecule has 0 aromatic heterocycles. The summed E-state index contributed by atoms with van der Waals surface area (Å²) in [5.74, 6) is -0.402. The fraction of sp³-hybridized carbons (Fsp3) is 0.308. The van der Waals surface area contributed by atoms with E-state index in [-0.39, 0.29) is 18.2 Å². The van der Waals surface area contributed by atoms with Crippen molar-refractivity contribution >= 4 is 17.7 Å². The number of amides is 3. The fourth-order valence-electron chi connectivity index (χ4n) is 1.78. The van der Waals surface area contributed by atoms with Crippen molar-refractivity contribution in [3.8, 4) is 5.75 Å². The number of rotatable bonds is 3. The van der Waals surface area contributed by atoms with Crippen LogP contribution >= 0.6 is 0 Å². The summed E-state index contributed by atoms with van der Waals surface area (Å²) in [6.45, 7) is 0. The second-order valence-electron chi connectivity index (χ2n) is 4.16. The van der Waals surface area contributed by atoms with Crippen LogP contribution in [0.4, 0.5) is 0 Å². The lowest BCUT2D eigenvalue weighted by atomic mass is 10.1. The van der Waals surface area contributed by atoms with Gasteiger partial charge in [-0.2, -0.15) is 0 Å². The van der Waals surface area contributed by atoms with Gasteiger partial charge in [0.15, 0.2) is 6.10 Å². The van der Waals surface area contributed by atoms with Gasteiger partial charge in [-0.1, -0.05) is 0 Å². The molecule has 1 aromatic carbocycles. The second kappa shape index (κ2) is 5.51. The van der Waals surface area contributed by atoms with Crippen molar-refractivity contribution in [3.05, 3.63) is 29.8 Å². The van der Waals surface area contributed by atoms with Crippen LogP contribution in [0.3, 0.4) is 0 Å². The van der Waals surface area contributed by atoms with Crippen molar-refractivity contribution in [3.63, 3.8) is 0 Å². The summed E-state index contributed by atoms with van der Waals surface area (Å²) in [4.78, 5) is 33.9. The van der Waals surface area contributed by atoms with E-state index in [4.69, 9.17) is 4.74 Å². The molecule has 0 saturated carbocycles. The molecule has 1 fully saturated rings. The molecule has 2 N–H and O–H groups in total. The van der Waals surface area contributed by atoms with Crippen LogP contribution in [0.15, 0.2) is 24.3 Å². The van der Waals surface area contributed by atoms with E-state index >= 15 is 0 Å². The normalized spacial score (nSPS) is 18.7. The van der Waals surface area contributed by atoms with E-state index in [0.29, 0.717) is 17.7 Å². The number of ether oxygens (including phenoxy) is 1. The Balaban J connectivity index is 2.01. The number of carbonyl (C=O) groups is 3. The van der Waals surface area contributed by atoms with Crippen molar-refractivity contribution in [2.75, 3.05) is 7.05 Å². The maximum Gasteiger partial charge on any atom is 0.267 e. The van der Waals surface area contributed by atoms with Crippen molar-refractivity contribution in [2.45, 2.75) is 18.9 Å². The number of hydrogen-bond donors (Lipinski definition) is 2. The molecule has 1 aromatic rings. The summed E-state index contributed by atoms with van der Waals surface area (Å²) in [6, 6.07) is 6.46. The molecule has 1 atom stereocenters. The quantitative estimate of drug-likeness (QED) is 0.764. The van der Waals surface area contributed by atoms with Crippen LogP contribution in [0, 0.1) is 0 Å². The molecular formula is C13H14N2O4. The predicted molar refractivity (Wildman–Crippen MR) is 66.6 cm³/mol. The van der Waals surface area contributed by atoms with Crippen molar-refractivity contribution < 1.29 is 19.1 Å². The zero-order chi connectivity index (χ0) is 13.8. The molecule has 3 amide bonds. The first-order chi connectivity index (χ1) is 9.10. The highest BCUT2D eigenvalue weighted by molar-refractivity contribution is 6.00. The van der Waals surface area contributed by atoms with E-state index in [1.165, 1.54) is 0 Å². The van der Waals surface area contributed by atoms with Crippen LogP contribution < -0.4 is 15.4 Å². The first-order valence-corrected chi connectivity index (χ1v) is 5.92. The van der Waals surface area contributed by atoms with Gasteiger partial charge in [0.2, 0.25) is 5.91 Å². The van der Waals surface area contributed by atoms with Gasteiger partial charge in [0.25, 0.3) is 11.8 Å². The van der Waals surface area contributed by atoms with Crippen LogP contribution in [0.5, 0.6) is 5.75 Å². The molecule has 0 spiro atoms. The highest BCUT2D eigenvalue weighted by Crippen LogP contribution is 2.17. The monoisotopic (exact) mass is 262 g/mol. The minimum absolute atomic E-state index is 0.187. The van der Waals surface area contributed by atoms with Crippen LogP contribution in [0.2, 0.25) is 0 Å². The molecular weight excluding hydrogens is 248 g/mol. The largest absolute Gasteiger partial charge is 0.481 e. The molecule has 0 radical (unpaired) electrons. The lowest BCUT2D eigenvalue weighted by molar-refractivity contribution is -0.138. The first-order valence-electron chi connectivity index (χ1n) is 5.92. The molecule has 6 heteroatoms. The number of imide groups is 1. The smallest absolute Gasteiger partial charge is 0.267 e. The topological polar surface area (TPSA) is 84.5 Å². The Morgan fingerprint density at radius 1 is 1.32 bits per heavy atom. The molecule has 100 valence electrons. The van der Waals surface area contributed by atoms with Gasteiger partial charge in [-0.15, -0.1) is 0 Å². The zero-order valence-corrected chi connectivity index (χ0v) is 10.4. The van der Waals surface area contributed by atoms with Gasteiger partial charge >= 0.3 is 0 Å². The van der Waals surface area contributed by atoms with Gasteiger partial charge in [0.1, 0.15) is 5.75 Å². The van der Waals surface area contributed by atoms with Gasteiger partial charge in [-0.3, -0.25) is 19.7 Å². The minimum Gasteiger partial charge on any atom is -0.481 e. The van der Waals surface area contributed by atoms with E-state index in [9.17, 15) is 14.4 Å². The summed E-state index contributed by atoms with van der Waals surface area (Å²) in [6.07, 6.45) is -0.0299. The SMILES string of the molecule is CNC(=O)c1ccc(OC2CCC(=O)NC2=O)cc1. The van der Waals surface area contributed by atoms with Crippen molar-refractivity contribution in [1.82, 2.24) is 10.6 Å². The molecule has 1 heterocycles. The standard InChI is InChI=1S/C13H14N2O4/c1-14-12(17)8-2-4-9(5-3-8)19-10-6-7-11(16)15-13(10)18/h2-5,10H,6-7H2,1H3,(H,14,17)(H,15,16,18). The van der Waals surface area contributed by atoms with E-state index < -0.39 is 12.0 Å². The molecule has 1 unspecified atom stereocenters. The molecule has 2 rings (SSSR count). The Morgan fingerprint density at radius 3 is 2.58 bits per heavy atom. The summed E-state index contributed by atoms with van der Waals surface area (Å²) in [5, 5.41) is 4.73. The lowest BCUT2D eigenvalue weighted by Crippen LogP contribution is -2.46. The van der Waals surface area contributed by atoms with E-state index in [1.54, 1.807) is 31.3 Å². The number of nitrogens with one attached hydrogen (secondary N) is 2. The Hall–Kier alpha value is -2.37. The molecule has 0 bridgehead atoms. The average molecular weight is 262 g/mol. The first kappa shape index (κ1) is 13.1. The Bertz CT molecular complexity index is 510. The molecule has 0 aliphatic carbocycles. The third-order valence-electron chi connectivity index (χ3n) is 2.81. The molecule has 1 aliphatic rings. The van der Waals surface area contributed by atoms with Crippen LogP contribution in [-0.4, -0.2) is 30.9 Å². The van der Waals surface area contributed by atoms with Crippen molar-refractivity contribution in [2.24, 2.45) is 0 Å². The van der Waals surface area contributed by atoms with Gasteiger partial charge in [0, 0.05) is 25.5 Å². The summed E-state index contributed by atoms with van der Waals surface area (Å²) < 4.78 is 5.49. The van der Waals surface area contributed by atoms with Gasteiger partial charge in [-0.05, 0) is 24.3 Å². The van der Waals surface area contributed by atoms with Crippen LogP contribution in [-0.2, 0) is 9.59 Å². The average Bonchev–Trinajstić information content (AvgIpc) is 2.42. The van der Waals surface area contributed by atoms with Gasteiger partial charge in [-0.25, -0.2) is 0 Å². The van der Waals surface area contributed by atoms with Gasteiger partial charge < -0.3 is 10.1 Å². The summed E-state index contributed by atoms with van der Waals surface area (Å²) in [5.41, 5.74) is 0.512. The Kier molecular flexibility index (Phi) is 3.79. The predicted octanol–water partition coefficient (Wildman–Crippen LogP) is 0.230. The molecule has 19 heavy (non-hydrogen) atoms. The number of hydrogen-bond acceptors (Lipinski definition) is 4. The maximum absolute atomic E-state index is 11.5. The number of benzene rings is 1. The molecule has 1 saturated heterocycles. The van der Waals surface area contributed by atoms with E-state index in [0.717, 1.165) is 0 Å². The van der Waals surface area contributed by atoms with Crippen molar-refractivity contribution in [1.29, 1.82) is 0 Å². The maximum atomic E-state index is 11.5. The van der Waals surface area contributed by atoms with Crippen LogP contribution in [0.1, 0.15) is 23.2 Å². The third kappa shape index (κ3) is 3.09. The number of carbonyl (C=O) groups excluding carboxylic acids is 3.